The lowest BCUT2D eigenvalue weighted by Gasteiger charge is -1.98. The van der Waals surface area contributed by atoms with Crippen LogP contribution >= 0.6 is 11.6 Å². The number of fused-ring (bicyclic) bond motifs is 1. The molecule has 0 saturated heterocycles. The van der Waals surface area contributed by atoms with E-state index in [1.165, 1.54) is 6.08 Å². The van der Waals surface area contributed by atoms with E-state index in [-0.39, 0.29) is 12.6 Å². The van der Waals surface area contributed by atoms with Crippen LogP contribution in [0.2, 0.25) is 5.02 Å². The van der Waals surface area contributed by atoms with Crippen LogP contribution in [0.3, 0.4) is 0 Å². The fourth-order valence-electron chi connectivity index (χ4n) is 2.50. The smallest absolute Gasteiger partial charge is 0.231 e. The quantitative estimate of drug-likeness (QED) is 0.560. The summed E-state index contributed by atoms with van der Waals surface area (Å²) < 4.78 is 10.5. The van der Waals surface area contributed by atoms with Crippen molar-refractivity contribution < 1.29 is 14.3 Å². The molecule has 0 bridgehead atoms. The van der Waals surface area contributed by atoms with Gasteiger partial charge in [0.1, 0.15) is 0 Å². The molecular weight excluding hydrogens is 340 g/mol. The van der Waals surface area contributed by atoms with Crippen LogP contribution in [-0.2, 0) is 0 Å². The number of aromatic nitrogens is 2. The van der Waals surface area contributed by atoms with Gasteiger partial charge in [-0.3, -0.25) is 9.89 Å². The number of hydrogen-bond acceptors (Lipinski definition) is 4. The molecule has 0 spiro atoms. The maximum Gasteiger partial charge on any atom is 0.231 e. The fraction of sp³-hybridized carbons (Fsp3) is 0.0526. The van der Waals surface area contributed by atoms with Crippen molar-refractivity contribution in [2.24, 2.45) is 0 Å². The zero-order chi connectivity index (χ0) is 17.2. The van der Waals surface area contributed by atoms with E-state index in [0.717, 1.165) is 17.0 Å². The van der Waals surface area contributed by atoms with Crippen LogP contribution in [-0.4, -0.2) is 22.8 Å². The van der Waals surface area contributed by atoms with E-state index in [1.54, 1.807) is 24.3 Å². The minimum Gasteiger partial charge on any atom is -0.454 e. The Hall–Kier alpha value is -3.05. The molecule has 0 radical (unpaired) electrons. The molecule has 0 amide bonds. The molecule has 6 heteroatoms. The monoisotopic (exact) mass is 352 g/mol. The third-order valence-corrected chi connectivity index (χ3v) is 4.06. The standard InChI is InChI=1S/C19H13ClN2O3/c20-14-4-1-12(2-5-14)16-10-15(21-22-16)6-7-17(23)13-3-8-18-19(9-13)25-11-24-18/h1-10H,11H2,(H,21,22)/b7-6+. The lowest BCUT2D eigenvalue weighted by molar-refractivity contribution is 0.104. The molecule has 5 nitrogen and oxygen atoms in total. The molecule has 0 saturated carbocycles. The van der Waals surface area contributed by atoms with E-state index in [4.69, 9.17) is 21.1 Å². The maximum absolute atomic E-state index is 12.3. The van der Waals surface area contributed by atoms with Gasteiger partial charge in [0.25, 0.3) is 0 Å². The average Bonchev–Trinajstić information content (AvgIpc) is 3.29. The van der Waals surface area contributed by atoms with Crippen LogP contribution in [0.25, 0.3) is 17.3 Å². The van der Waals surface area contributed by atoms with E-state index in [9.17, 15) is 4.79 Å². The second kappa shape index (κ2) is 6.45. The summed E-state index contributed by atoms with van der Waals surface area (Å²) in [6.45, 7) is 0.185. The number of halogens is 1. The van der Waals surface area contributed by atoms with Crippen LogP contribution in [0, 0.1) is 0 Å². The summed E-state index contributed by atoms with van der Waals surface area (Å²) in [6.07, 6.45) is 3.19. The van der Waals surface area contributed by atoms with E-state index in [2.05, 4.69) is 10.2 Å². The zero-order valence-corrected chi connectivity index (χ0v) is 13.8. The third-order valence-electron chi connectivity index (χ3n) is 3.81. The highest BCUT2D eigenvalue weighted by molar-refractivity contribution is 6.30. The van der Waals surface area contributed by atoms with Gasteiger partial charge in [-0.25, -0.2) is 0 Å². The van der Waals surface area contributed by atoms with Gasteiger partial charge in [-0.05, 0) is 48.6 Å². The first-order valence-electron chi connectivity index (χ1n) is 7.62. The number of nitrogens with one attached hydrogen (secondary N) is 1. The summed E-state index contributed by atoms with van der Waals surface area (Å²) in [5.41, 5.74) is 3.01. The second-order valence-electron chi connectivity index (χ2n) is 5.48. The Morgan fingerprint density at radius 2 is 1.88 bits per heavy atom. The minimum absolute atomic E-state index is 0.124. The first-order valence-corrected chi connectivity index (χ1v) is 8.00. The van der Waals surface area contributed by atoms with Crippen LogP contribution in [0.5, 0.6) is 11.5 Å². The van der Waals surface area contributed by atoms with E-state index >= 15 is 0 Å². The lowest BCUT2D eigenvalue weighted by atomic mass is 10.1. The molecule has 25 heavy (non-hydrogen) atoms. The number of ether oxygens (including phenoxy) is 2. The minimum atomic E-state index is -0.124. The van der Waals surface area contributed by atoms with Crippen molar-refractivity contribution in [2.75, 3.05) is 6.79 Å². The number of H-pyrrole nitrogens is 1. The molecule has 1 N–H and O–H groups in total. The number of rotatable bonds is 4. The number of hydrogen-bond donors (Lipinski definition) is 1. The molecule has 0 unspecified atom stereocenters. The predicted octanol–water partition coefficient (Wildman–Crippen LogP) is 4.35. The number of benzene rings is 2. The van der Waals surface area contributed by atoms with Crippen LogP contribution < -0.4 is 9.47 Å². The van der Waals surface area contributed by atoms with Crippen molar-refractivity contribution >= 4 is 23.5 Å². The first kappa shape index (κ1) is 15.5. The average molecular weight is 353 g/mol. The van der Waals surface area contributed by atoms with Crippen molar-refractivity contribution in [2.45, 2.75) is 0 Å². The topological polar surface area (TPSA) is 64.2 Å². The number of ketones is 1. The first-order chi connectivity index (χ1) is 12.2. The van der Waals surface area contributed by atoms with Gasteiger partial charge in [0.05, 0.1) is 11.4 Å². The Bertz CT molecular complexity index is 961. The summed E-state index contributed by atoms with van der Waals surface area (Å²) >= 11 is 5.89. The Morgan fingerprint density at radius 1 is 1.08 bits per heavy atom. The van der Waals surface area contributed by atoms with E-state index in [0.29, 0.717) is 22.1 Å². The third kappa shape index (κ3) is 3.27. The summed E-state index contributed by atoms with van der Waals surface area (Å²) in [5.74, 6) is 1.12. The zero-order valence-electron chi connectivity index (χ0n) is 13.0. The van der Waals surface area contributed by atoms with Gasteiger partial charge in [0.15, 0.2) is 17.3 Å². The molecule has 124 valence electrons. The van der Waals surface area contributed by atoms with Crippen molar-refractivity contribution in [3.8, 4) is 22.8 Å². The Morgan fingerprint density at radius 3 is 2.72 bits per heavy atom. The summed E-state index contributed by atoms with van der Waals surface area (Å²) in [7, 11) is 0. The van der Waals surface area contributed by atoms with Gasteiger partial charge < -0.3 is 9.47 Å². The highest BCUT2D eigenvalue weighted by Crippen LogP contribution is 2.32. The second-order valence-corrected chi connectivity index (χ2v) is 5.92. The summed E-state index contributed by atoms with van der Waals surface area (Å²) in [4.78, 5) is 12.3. The molecule has 1 aliphatic heterocycles. The summed E-state index contributed by atoms with van der Waals surface area (Å²) in [5, 5.41) is 7.82. The molecule has 0 aliphatic carbocycles. The van der Waals surface area contributed by atoms with Crippen molar-refractivity contribution in [3.63, 3.8) is 0 Å². The molecule has 2 heterocycles. The van der Waals surface area contributed by atoms with Gasteiger partial charge >= 0.3 is 0 Å². The van der Waals surface area contributed by atoms with Crippen molar-refractivity contribution in [1.29, 1.82) is 0 Å². The van der Waals surface area contributed by atoms with Gasteiger partial charge in [-0.1, -0.05) is 23.7 Å². The predicted molar refractivity (Wildman–Crippen MR) is 95.0 cm³/mol. The number of allylic oxidation sites excluding steroid dienone is 1. The van der Waals surface area contributed by atoms with Gasteiger partial charge in [0.2, 0.25) is 6.79 Å². The molecule has 2 aromatic carbocycles. The molecule has 0 fully saturated rings. The number of nitrogens with zero attached hydrogens (tertiary/aromatic N) is 1. The fourth-order valence-corrected chi connectivity index (χ4v) is 2.63. The Balaban J connectivity index is 1.50. The highest BCUT2D eigenvalue weighted by atomic mass is 35.5. The largest absolute Gasteiger partial charge is 0.454 e. The van der Waals surface area contributed by atoms with Crippen molar-refractivity contribution in [1.82, 2.24) is 10.2 Å². The molecule has 4 rings (SSSR count). The van der Waals surface area contributed by atoms with Gasteiger partial charge in [0, 0.05) is 16.1 Å². The lowest BCUT2D eigenvalue weighted by Crippen LogP contribution is -1.94. The molecule has 3 aromatic rings. The van der Waals surface area contributed by atoms with Crippen LogP contribution in [0.4, 0.5) is 0 Å². The van der Waals surface area contributed by atoms with Gasteiger partial charge in [-0.2, -0.15) is 5.10 Å². The molecule has 0 atom stereocenters. The Labute approximate surface area is 148 Å². The summed E-state index contributed by atoms with van der Waals surface area (Å²) in [6, 6.07) is 14.4. The Kier molecular flexibility index (Phi) is 3.99. The van der Waals surface area contributed by atoms with Crippen LogP contribution in [0.1, 0.15) is 16.1 Å². The number of carbonyl (C=O) groups is 1. The van der Waals surface area contributed by atoms with Gasteiger partial charge in [-0.15, -0.1) is 0 Å². The van der Waals surface area contributed by atoms with E-state index in [1.807, 2.05) is 30.3 Å². The molecule has 1 aromatic heterocycles. The van der Waals surface area contributed by atoms with Crippen LogP contribution in [0.15, 0.2) is 54.6 Å². The SMILES string of the molecule is O=C(/C=C/c1cc(-c2ccc(Cl)cc2)n[nH]1)c1ccc2c(c1)OCO2. The normalized spacial score (nSPS) is 12.7. The maximum atomic E-state index is 12.3. The highest BCUT2D eigenvalue weighted by Gasteiger charge is 2.15. The van der Waals surface area contributed by atoms with E-state index < -0.39 is 0 Å². The van der Waals surface area contributed by atoms with Crippen molar-refractivity contribution in [3.05, 3.63) is 70.9 Å². The molecule has 1 aliphatic rings. The number of carbonyl (C=O) groups excluding carboxylic acids is 1. The molecular formula is C19H13ClN2O3. The number of aromatic amines is 1.